The summed E-state index contributed by atoms with van der Waals surface area (Å²) in [5.41, 5.74) is 8.33. The van der Waals surface area contributed by atoms with Crippen LogP contribution in [0, 0.1) is 6.92 Å². The van der Waals surface area contributed by atoms with E-state index in [2.05, 4.69) is 10.4 Å². The topological polar surface area (TPSA) is 93.2 Å². The molecule has 0 spiro atoms. The molecule has 6 nitrogen and oxygen atoms in total. The Labute approximate surface area is 110 Å². The van der Waals surface area contributed by atoms with E-state index in [-0.39, 0.29) is 13.2 Å². The highest BCUT2D eigenvalue weighted by atomic mass is 16.3. The number of aliphatic hydroxyl groups excluding tert-OH is 1. The molecule has 0 aliphatic carbocycles. The van der Waals surface area contributed by atoms with Crippen molar-refractivity contribution in [2.24, 2.45) is 0 Å². The number of nitrogen functional groups attached to an aromatic ring is 1. The number of hydrogen-bond donors (Lipinski definition) is 3. The summed E-state index contributed by atoms with van der Waals surface area (Å²) >= 11 is 0. The Hall–Kier alpha value is -2.34. The molecule has 0 fully saturated rings. The SMILES string of the molecule is Cc1nn(C(=O)NCCO)c(N)c1-c1ccccc1. The van der Waals surface area contributed by atoms with E-state index in [1.165, 1.54) is 0 Å². The number of nitrogens with two attached hydrogens (primary N) is 1. The lowest BCUT2D eigenvalue weighted by Gasteiger charge is -2.05. The summed E-state index contributed by atoms with van der Waals surface area (Å²) in [6.45, 7) is 1.84. The molecule has 6 heteroatoms. The zero-order valence-corrected chi connectivity index (χ0v) is 10.6. The minimum atomic E-state index is -0.447. The minimum Gasteiger partial charge on any atom is -0.395 e. The van der Waals surface area contributed by atoms with E-state index >= 15 is 0 Å². The Morgan fingerprint density at radius 2 is 2.11 bits per heavy atom. The number of aliphatic hydroxyl groups is 1. The van der Waals surface area contributed by atoms with Crippen LogP contribution in [0.2, 0.25) is 0 Å². The van der Waals surface area contributed by atoms with Gasteiger partial charge in [0.2, 0.25) is 0 Å². The second-order valence-electron chi connectivity index (χ2n) is 4.08. The molecule has 1 aromatic heterocycles. The average molecular weight is 260 g/mol. The van der Waals surface area contributed by atoms with Crippen LogP contribution >= 0.6 is 0 Å². The van der Waals surface area contributed by atoms with Crippen molar-refractivity contribution in [3.05, 3.63) is 36.0 Å². The molecule has 1 aromatic carbocycles. The van der Waals surface area contributed by atoms with Crippen LogP contribution in [-0.4, -0.2) is 34.1 Å². The molecule has 100 valence electrons. The number of carbonyl (C=O) groups excluding carboxylic acids is 1. The summed E-state index contributed by atoms with van der Waals surface area (Å²) in [5, 5.41) is 15.3. The van der Waals surface area contributed by atoms with Gasteiger partial charge in [0.15, 0.2) is 0 Å². The predicted molar refractivity (Wildman–Crippen MR) is 72.7 cm³/mol. The molecule has 0 saturated heterocycles. The van der Waals surface area contributed by atoms with Crippen LogP contribution in [0.3, 0.4) is 0 Å². The fourth-order valence-corrected chi connectivity index (χ4v) is 1.90. The molecule has 0 unspecified atom stereocenters. The van der Waals surface area contributed by atoms with Crippen molar-refractivity contribution in [3.63, 3.8) is 0 Å². The maximum absolute atomic E-state index is 11.8. The Morgan fingerprint density at radius 3 is 2.74 bits per heavy atom. The number of anilines is 1. The summed E-state index contributed by atoms with van der Waals surface area (Å²) in [7, 11) is 0. The molecule has 2 aromatic rings. The first-order valence-electron chi connectivity index (χ1n) is 5.94. The van der Waals surface area contributed by atoms with Crippen LogP contribution in [0.5, 0.6) is 0 Å². The summed E-state index contributed by atoms with van der Waals surface area (Å²) in [4.78, 5) is 11.8. The molecule has 0 aliphatic rings. The second-order valence-corrected chi connectivity index (χ2v) is 4.08. The average Bonchev–Trinajstić information content (AvgIpc) is 2.72. The fraction of sp³-hybridized carbons (Fsp3) is 0.231. The Balaban J connectivity index is 2.38. The van der Waals surface area contributed by atoms with E-state index in [1.54, 1.807) is 6.92 Å². The van der Waals surface area contributed by atoms with Crippen molar-refractivity contribution in [2.45, 2.75) is 6.92 Å². The normalized spacial score (nSPS) is 10.4. The molecule has 0 aliphatic heterocycles. The molecule has 0 atom stereocenters. The second kappa shape index (κ2) is 5.53. The maximum Gasteiger partial charge on any atom is 0.344 e. The number of aryl methyl sites for hydroxylation is 1. The predicted octanol–water partition coefficient (Wildman–Crippen LogP) is 0.991. The zero-order chi connectivity index (χ0) is 13.8. The van der Waals surface area contributed by atoms with Crippen LogP contribution < -0.4 is 11.1 Å². The van der Waals surface area contributed by atoms with Gasteiger partial charge in [0.05, 0.1) is 12.3 Å². The lowest BCUT2D eigenvalue weighted by molar-refractivity contribution is 0.233. The van der Waals surface area contributed by atoms with Gasteiger partial charge in [-0.1, -0.05) is 30.3 Å². The summed E-state index contributed by atoms with van der Waals surface area (Å²) in [6, 6.07) is 9.09. The number of nitrogens with zero attached hydrogens (tertiary/aromatic N) is 2. The molecular weight excluding hydrogens is 244 g/mol. The smallest absolute Gasteiger partial charge is 0.344 e. The Bertz CT molecular complexity index is 578. The number of nitrogens with one attached hydrogen (secondary N) is 1. The van der Waals surface area contributed by atoms with E-state index in [1.807, 2.05) is 30.3 Å². The zero-order valence-electron chi connectivity index (χ0n) is 10.6. The highest BCUT2D eigenvalue weighted by Crippen LogP contribution is 2.28. The molecule has 0 bridgehead atoms. The first-order valence-corrected chi connectivity index (χ1v) is 5.94. The van der Waals surface area contributed by atoms with Gasteiger partial charge in [0.25, 0.3) is 0 Å². The van der Waals surface area contributed by atoms with E-state index in [0.717, 1.165) is 15.8 Å². The van der Waals surface area contributed by atoms with Gasteiger partial charge in [-0.05, 0) is 12.5 Å². The molecule has 0 saturated carbocycles. The number of benzene rings is 1. The van der Waals surface area contributed by atoms with Crippen LogP contribution in [0.25, 0.3) is 11.1 Å². The molecule has 1 heterocycles. The van der Waals surface area contributed by atoms with Gasteiger partial charge in [0.1, 0.15) is 5.82 Å². The molecule has 1 amide bonds. The Kier molecular flexibility index (Phi) is 3.82. The van der Waals surface area contributed by atoms with Gasteiger partial charge >= 0.3 is 6.03 Å². The highest BCUT2D eigenvalue weighted by Gasteiger charge is 2.18. The third-order valence-corrected chi connectivity index (χ3v) is 2.74. The van der Waals surface area contributed by atoms with Gasteiger partial charge in [-0.25, -0.2) is 4.79 Å². The molecule has 4 N–H and O–H groups in total. The number of aromatic nitrogens is 2. The van der Waals surface area contributed by atoms with E-state index in [4.69, 9.17) is 10.8 Å². The Morgan fingerprint density at radius 1 is 1.42 bits per heavy atom. The van der Waals surface area contributed by atoms with Crippen molar-refractivity contribution < 1.29 is 9.90 Å². The minimum absolute atomic E-state index is 0.128. The third-order valence-electron chi connectivity index (χ3n) is 2.74. The summed E-state index contributed by atoms with van der Waals surface area (Å²) in [6.07, 6.45) is 0. The van der Waals surface area contributed by atoms with Crippen molar-refractivity contribution in [3.8, 4) is 11.1 Å². The monoisotopic (exact) mass is 260 g/mol. The van der Waals surface area contributed by atoms with E-state index in [9.17, 15) is 4.79 Å². The number of carbonyl (C=O) groups is 1. The molecular formula is C13H16N4O2. The quantitative estimate of drug-likeness (QED) is 0.767. The van der Waals surface area contributed by atoms with Crippen molar-refractivity contribution in [1.82, 2.24) is 15.1 Å². The molecule has 0 radical (unpaired) electrons. The third kappa shape index (κ3) is 2.58. The van der Waals surface area contributed by atoms with E-state index in [0.29, 0.717) is 11.5 Å². The van der Waals surface area contributed by atoms with Gasteiger partial charge < -0.3 is 16.2 Å². The molecule has 19 heavy (non-hydrogen) atoms. The lowest BCUT2D eigenvalue weighted by atomic mass is 10.1. The van der Waals surface area contributed by atoms with Crippen LogP contribution in [0.1, 0.15) is 5.69 Å². The highest BCUT2D eigenvalue weighted by molar-refractivity contribution is 5.86. The number of hydrogen-bond acceptors (Lipinski definition) is 4. The molecule has 2 rings (SSSR count). The standard InChI is InChI=1S/C13H16N4O2/c1-9-11(10-5-3-2-4-6-10)12(14)17(16-9)13(19)15-7-8-18/h2-6,18H,7-8,14H2,1H3,(H,15,19). The van der Waals surface area contributed by atoms with Gasteiger partial charge in [-0.15, -0.1) is 0 Å². The first kappa shape index (κ1) is 13.1. The maximum atomic E-state index is 11.8. The number of rotatable bonds is 3. The summed E-state index contributed by atoms with van der Waals surface area (Å²) < 4.78 is 1.12. The van der Waals surface area contributed by atoms with Crippen molar-refractivity contribution in [2.75, 3.05) is 18.9 Å². The first-order chi connectivity index (χ1) is 9.15. The van der Waals surface area contributed by atoms with Crippen LogP contribution in [0.4, 0.5) is 10.6 Å². The lowest BCUT2D eigenvalue weighted by Crippen LogP contribution is -2.32. The number of amides is 1. The van der Waals surface area contributed by atoms with Crippen molar-refractivity contribution in [1.29, 1.82) is 0 Å². The van der Waals surface area contributed by atoms with Gasteiger partial charge in [0, 0.05) is 12.1 Å². The summed E-state index contributed by atoms with van der Waals surface area (Å²) in [5.74, 6) is 0.291. The van der Waals surface area contributed by atoms with Gasteiger partial charge in [-0.3, -0.25) is 0 Å². The van der Waals surface area contributed by atoms with Crippen LogP contribution in [-0.2, 0) is 0 Å². The van der Waals surface area contributed by atoms with E-state index < -0.39 is 6.03 Å². The largest absolute Gasteiger partial charge is 0.395 e. The fourth-order valence-electron chi connectivity index (χ4n) is 1.90. The van der Waals surface area contributed by atoms with Gasteiger partial charge in [-0.2, -0.15) is 9.78 Å². The van der Waals surface area contributed by atoms with Crippen LogP contribution in [0.15, 0.2) is 30.3 Å². The van der Waals surface area contributed by atoms with Crippen molar-refractivity contribution >= 4 is 11.8 Å².